The molecule has 1 aliphatic rings. The normalized spacial score (nSPS) is 20.7. The van der Waals surface area contributed by atoms with E-state index < -0.39 is 0 Å². The quantitative estimate of drug-likeness (QED) is 0.887. The molecule has 1 unspecified atom stereocenters. The summed E-state index contributed by atoms with van der Waals surface area (Å²) in [6.07, 6.45) is 4.60. The molecular formula is C13H25ClN4. The number of hydrogen-bond donors (Lipinski definition) is 1. The van der Waals surface area contributed by atoms with Crippen LogP contribution in [0, 0.1) is 5.92 Å². The number of aryl methyl sites for hydroxylation is 1. The lowest BCUT2D eigenvalue weighted by Crippen LogP contribution is -2.38. The lowest BCUT2D eigenvalue weighted by molar-refractivity contribution is 0.163. The fourth-order valence-corrected chi connectivity index (χ4v) is 2.76. The molecule has 0 saturated carbocycles. The third kappa shape index (κ3) is 3.97. The molecule has 1 saturated heterocycles. The van der Waals surface area contributed by atoms with Gasteiger partial charge in [0.2, 0.25) is 0 Å². The minimum atomic E-state index is 0. The molecule has 1 aromatic rings. The van der Waals surface area contributed by atoms with Gasteiger partial charge >= 0.3 is 0 Å². The second kappa shape index (κ2) is 7.77. The van der Waals surface area contributed by atoms with Crippen molar-refractivity contribution in [1.29, 1.82) is 0 Å². The van der Waals surface area contributed by atoms with Crippen molar-refractivity contribution in [2.75, 3.05) is 26.7 Å². The van der Waals surface area contributed by atoms with Gasteiger partial charge in [0.15, 0.2) is 0 Å². The minimum Gasteiger partial charge on any atom is -0.319 e. The zero-order valence-corrected chi connectivity index (χ0v) is 12.2. The number of halogens is 1. The van der Waals surface area contributed by atoms with Crippen molar-refractivity contribution in [1.82, 2.24) is 20.0 Å². The van der Waals surface area contributed by atoms with Crippen LogP contribution in [0.3, 0.4) is 0 Å². The fourth-order valence-electron chi connectivity index (χ4n) is 2.76. The van der Waals surface area contributed by atoms with E-state index in [1.54, 1.807) is 0 Å². The van der Waals surface area contributed by atoms with E-state index >= 15 is 0 Å². The number of aromatic nitrogens is 2. The van der Waals surface area contributed by atoms with Crippen LogP contribution in [-0.2, 0) is 13.1 Å². The maximum Gasteiger partial charge on any atom is 0.0524 e. The third-order valence-corrected chi connectivity index (χ3v) is 3.59. The Balaban J connectivity index is 0.00000162. The van der Waals surface area contributed by atoms with Crippen LogP contribution in [0.1, 0.15) is 25.5 Å². The maximum absolute atomic E-state index is 4.33. The summed E-state index contributed by atoms with van der Waals surface area (Å²) in [5.41, 5.74) is 1.35. The molecular weight excluding hydrogens is 248 g/mol. The van der Waals surface area contributed by atoms with Crippen LogP contribution in [0.15, 0.2) is 12.3 Å². The van der Waals surface area contributed by atoms with Gasteiger partial charge in [0, 0.05) is 25.8 Å². The van der Waals surface area contributed by atoms with Crippen LogP contribution < -0.4 is 5.32 Å². The third-order valence-electron chi connectivity index (χ3n) is 3.59. The molecule has 1 atom stereocenters. The zero-order valence-electron chi connectivity index (χ0n) is 11.4. The van der Waals surface area contributed by atoms with E-state index in [4.69, 9.17) is 0 Å². The predicted octanol–water partition coefficient (Wildman–Crippen LogP) is 1.76. The fraction of sp³-hybridized carbons (Fsp3) is 0.769. The van der Waals surface area contributed by atoms with Crippen LogP contribution >= 0.6 is 12.4 Å². The van der Waals surface area contributed by atoms with E-state index in [1.807, 2.05) is 13.2 Å². The Morgan fingerprint density at radius 3 is 3.06 bits per heavy atom. The molecule has 1 fully saturated rings. The Morgan fingerprint density at radius 1 is 1.50 bits per heavy atom. The first-order valence-corrected chi connectivity index (χ1v) is 6.71. The highest BCUT2D eigenvalue weighted by Gasteiger charge is 2.20. The summed E-state index contributed by atoms with van der Waals surface area (Å²) >= 11 is 0. The average Bonchev–Trinajstić information content (AvgIpc) is 2.77. The molecule has 1 N–H and O–H groups in total. The molecule has 0 spiro atoms. The van der Waals surface area contributed by atoms with E-state index in [9.17, 15) is 0 Å². The number of nitrogens with zero attached hydrogens (tertiary/aromatic N) is 3. The Hall–Kier alpha value is -0.580. The summed E-state index contributed by atoms with van der Waals surface area (Å²) in [5.74, 6) is 0.812. The van der Waals surface area contributed by atoms with Gasteiger partial charge < -0.3 is 5.32 Å². The molecule has 4 nitrogen and oxygen atoms in total. The summed E-state index contributed by atoms with van der Waals surface area (Å²) in [6.45, 7) is 7.76. The van der Waals surface area contributed by atoms with Crippen molar-refractivity contribution in [3.05, 3.63) is 18.0 Å². The molecule has 0 aromatic carbocycles. The smallest absolute Gasteiger partial charge is 0.0524 e. The van der Waals surface area contributed by atoms with E-state index in [2.05, 4.69) is 33.0 Å². The summed E-state index contributed by atoms with van der Waals surface area (Å²) in [4.78, 5) is 2.56. The van der Waals surface area contributed by atoms with Gasteiger partial charge in [0.25, 0.3) is 0 Å². The second-order valence-corrected chi connectivity index (χ2v) is 4.94. The molecule has 5 heteroatoms. The second-order valence-electron chi connectivity index (χ2n) is 4.94. The Bertz CT molecular complexity index is 337. The van der Waals surface area contributed by atoms with Gasteiger partial charge in [-0.3, -0.25) is 9.58 Å². The van der Waals surface area contributed by atoms with Crippen LogP contribution in [0.25, 0.3) is 0 Å². The van der Waals surface area contributed by atoms with Gasteiger partial charge in [0.1, 0.15) is 0 Å². The molecule has 2 heterocycles. The highest BCUT2D eigenvalue weighted by molar-refractivity contribution is 5.85. The van der Waals surface area contributed by atoms with Crippen molar-refractivity contribution in [3.8, 4) is 0 Å². The van der Waals surface area contributed by atoms with E-state index in [0.717, 1.165) is 25.6 Å². The van der Waals surface area contributed by atoms with Crippen molar-refractivity contribution in [3.63, 3.8) is 0 Å². The molecule has 1 aliphatic heterocycles. The molecule has 2 rings (SSSR count). The molecule has 104 valence electrons. The number of nitrogens with one attached hydrogen (secondary N) is 1. The van der Waals surface area contributed by atoms with Gasteiger partial charge in [-0.2, -0.15) is 5.10 Å². The van der Waals surface area contributed by atoms with E-state index in [0.29, 0.717) is 0 Å². The zero-order chi connectivity index (χ0) is 12.1. The topological polar surface area (TPSA) is 33.1 Å². The summed E-state index contributed by atoms with van der Waals surface area (Å²) in [5, 5.41) is 7.63. The van der Waals surface area contributed by atoms with Crippen molar-refractivity contribution in [2.24, 2.45) is 5.92 Å². The predicted molar refractivity (Wildman–Crippen MR) is 77.1 cm³/mol. The maximum atomic E-state index is 4.33. The van der Waals surface area contributed by atoms with E-state index in [1.165, 1.54) is 31.6 Å². The summed E-state index contributed by atoms with van der Waals surface area (Å²) in [6, 6.07) is 2.14. The van der Waals surface area contributed by atoms with Crippen LogP contribution in [0.4, 0.5) is 0 Å². The molecule has 1 aromatic heterocycles. The molecule has 0 radical (unpaired) electrons. The van der Waals surface area contributed by atoms with E-state index in [-0.39, 0.29) is 12.4 Å². The number of piperidine rings is 1. The standard InChI is InChI=1S/C13H24N4.ClH/c1-3-17-13(6-7-15-17)11-16-8-4-5-12(10-16)9-14-2;/h6-7,12,14H,3-5,8-11H2,1-2H3;1H. The minimum absolute atomic E-state index is 0. The van der Waals surface area contributed by atoms with Crippen molar-refractivity contribution >= 4 is 12.4 Å². The monoisotopic (exact) mass is 272 g/mol. The average molecular weight is 273 g/mol. The lowest BCUT2D eigenvalue weighted by atomic mass is 9.98. The van der Waals surface area contributed by atoms with Gasteiger partial charge in [-0.25, -0.2) is 0 Å². The first kappa shape index (κ1) is 15.5. The summed E-state index contributed by atoms with van der Waals surface area (Å²) < 4.78 is 2.10. The van der Waals surface area contributed by atoms with Crippen molar-refractivity contribution in [2.45, 2.75) is 32.9 Å². The molecule has 0 aliphatic carbocycles. The number of rotatable bonds is 5. The SMILES string of the molecule is CCn1nccc1CN1CCCC(CNC)C1.Cl. The van der Waals surface area contributed by atoms with Gasteiger partial charge in [-0.05, 0) is 51.9 Å². The largest absolute Gasteiger partial charge is 0.319 e. The Morgan fingerprint density at radius 2 is 2.33 bits per heavy atom. The molecule has 0 amide bonds. The number of likely N-dealkylation sites (tertiary alicyclic amines) is 1. The Labute approximate surface area is 116 Å². The van der Waals surface area contributed by atoms with Crippen LogP contribution in [-0.4, -0.2) is 41.4 Å². The van der Waals surface area contributed by atoms with Crippen LogP contribution in [0.5, 0.6) is 0 Å². The Kier molecular flexibility index (Phi) is 6.68. The van der Waals surface area contributed by atoms with Gasteiger partial charge in [0.05, 0.1) is 5.69 Å². The highest BCUT2D eigenvalue weighted by Crippen LogP contribution is 2.17. The van der Waals surface area contributed by atoms with Crippen LogP contribution in [0.2, 0.25) is 0 Å². The molecule has 0 bridgehead atoms. The first-order valence-electron chi connectivity index (χ1n) is 6.71. The first-order chi connectivity index (χ1) is 8.33. The van der Waals surface area contributed by atoms with Gasteiger partial charge in [-0.15, -0.1) is 12.4 Å². The highest BCUT2D eigenvalue weighted by atomic mass is 35.5. The summed E-state index contributed by atoms with van der Waals surface area (Å²) in [7, 11) is 2.05. The lowest BCUT2D eigenvalue weighted by Gasteiger charge is -2.32. The van der Waals surface area contributed by atoms with Gasteiger partial charge in [-0.1, -0.05) is 0 Å². The number of hydrogen-bond acceptors (Lipinski definition) is 3. The molecule has 18 heavy (non-hydrogen) atoms. The van der Waals surface area contributed by atoms with Crippen molar-refractivity contribution < 1.29 is 0 Å².